The Hall–Kier alpha value is -2.81. The van der Waals surface area contributed by atoms with Gasteiger partial charge in [-0.2, -0.15) is 13.2 Å². The molecule has 0 radical (unpaired) electrons. The molecular weight excluding hydrogens is 461 g/mol. The monoisotopic (exact) mass is 480 g/mol. The highest BCUT2D eigenvalue weighted by Gasteiger charge is 2.29. The van der Waals surface area contributed by atoms with Crippen LogP contribution in [-0.2, 0) is 24.6 Å². The summed E-state index contributed by atoms with van der Waals surface area (Å²) in [6, 6.07) is 12.9. The number of oxime groups is 1. The minimum Gasteiger partial charge on any atom is -0.395 e. The number of hydrogen-bond donors (Lipinski definition) is 1. The van der Waals surface area contributed by atoms with Crippen LogP contribution in [0.4, 0.5) is 18.9 Å². The zero-order valence-corrected chi connectivity index (χ0v) is 17.7. The number of rotatable bonds is 4. The molecule has 0 fully saturated rings. The summed E-state index contributed by atoms with van der Waals surface area (Å²) >= 11 is 3.16. The normalized spacial score (nSPS) is 13.2. The Balaban J connectivity index is 0.000000367. The predicted octanol–water partition coefficient (Wildman–Crippen LogP) is 5.83. The Kier molecular flexibility index (Phi) is 7.15. The molecule has 0 saturated carbocycles. The lowest BCUT2D eigenvalue weighted by molar-refractivity contribution is -0.137. The lowest BCUT2D eigenvalue weighted by Gasteiger charge is -2.12. The van der Waals surface area contributed by atoms with Crippen LogP contribution >= 0.6 is 15.9 Å². The molecule has 1 aromatic heterocycles. The summed E-state index contributed by atoms with van der Waals surface area (Å²) < 4.78 is 40.5. The molecule has 2 aromatic carbocycles. The van der Waals surface area contributed by atoms with Gasteiger partial charge in [0.1, 0.15) is 11.2 Å². The van der Waals surface area contributed by atoms with Gasteiger partial charge in [0.05, 0.1) is 17.6 Å². The molecular formula is C21H20BrF3N4O. The van der Waals surface area contributed by atoms with Gasteiger partial charge in [0.2, 0.25) is 0 Å². The van der Waals surface area contributed by atoms with Crippen LogP contribution in [0.3, 0.4) is 0 Å². The molecule has 9 heteroatoms. The second-order valence-electron chi connectivity index (χ2n) is 6.57. The number of imidazole rings is 1. The molecule has 1 aliphatic heterocycles. The first-order valence-corrected chi connectivity index (χ1v) is 9.94. The molecule has 1 N–H and O–H groups in total. The lowest BCUT2D eigenvalue weighted by atomic mass is 10.1. The third kappa shape index (κ3) is 6.09. The molecule has 1 aliphatic rings. The van der Waals surface area contributed by atoms with E-state index >= 15 is 0 Å². The summed E-state index contributed by atoms with van der Waals surface area (Å²) in [5.74, 6) is 0. The van der Waals surface area contributed by atoms with Crippen molar-refractivity contribution in [1.82, 2.24) is 9.55 Å². The Bertz CT molecular complexity index is 1000. The van der Waals surface area contributed by atoms with E-state index in [4.69, 9.17) is 0 Å². The topological polar surface area (TPSA) is 51.4 Å². The van der Waals surface area contributed by atoms with Crippen LogP contribution in [0.2, 0.25) is 0 Å². The van der Waals surface area contributed by atoms with E-state index in [1.165, 1.54) is 12.1 Å². The highest BCUT2D eigenvalue weighted by atomic mass is 79.9. The third-order valence-corrected chi connectivity index (χ3v) is 4.78. The molecule has 0 amide bonds. The van der Waals surface area contributed by atoms with Crippen molar-refractivity contribution >= 4 is 26.2 Å². The van der Waals surface area contributed by atoms with Crippen molar-refractivity contribution in [2.45, 2.75) is 19.1 Å². The summed E-state index contributed by atoms with van der Waals surface area (Å²) in [6.45, 7) is 1.17. The van der Waals surface area contributed by atoms with Gasteiger partial charge in [-0.05, 0) is 39.7 Å². The minimum absolute atomic E-state index is 0.433. The van der Waals surface area contributed by atoms with Crippen LogP contribution in [-0.4, -0.2) is 20.8 Å². The van der Waals surface area contributed by atoms with E-state index in [1.807, 2.05) is 42.1 Å². The first-order valence-electron chi connectivity index (χ1n) is 9.14. The fraction of sp³-hybridized carbons (Fsp3) is 0.238. The number of hydrogen-bond acceptors (Lipinski definition) is 4. The van der Waals surface area contributed by atoms with Crippen molar-refractivity contribution in [2.75, 3.05) is 11.9 Å². The van der Waals surface area contributed by atoms with Crippen molar-refractivity contribution < 1.29 is 18.0 Å². The van der Waals surface area contributed by atoms with Gasteiger partial charge in [-0.15, -0.1) is 0 Å². The first-order chi connectivity index (χ1) is 14.3. The quantitative estimate of drug-likeness (QED) is 0.510. The minimum atomic E-state index is -4.31. The average molecular weight is 481 g/mol. The Morgan fingerprint density at radius 2 is 1.87 bits per heavy atom. The van der Waals surface area contributed by atoms with Crippen LogP contribution in [0.1, 0.15) is 17.5 Å². The maximum absolute atomic E-state index is 12.6. The molecule has 0 spiro atoms. The number of alkyl halides is 3. The number of halogens is 4. The average Bonchev–Trinajstić information content (AvgIpc) is 3.38. The van der Waals surface area contributed by atoms with Gasteiger partial charge in [-0.1, -0.05) is 35.5 Å². The van der Waals surface area contributed by atoms with Crippen molar-refractivity contribution in [3.8, 4) is 11.3 Å². The highest BCUT2D eigenvalue weighted by Crippen LogP contribution is 2.30. The van der Waals surface area contributed by atoms with Gasteiger partial charge in [0.15, 0.2) is 0 Å². The molecule has 0 unspecified atom stereocenters. The maximum Gasteiger partial charge on any atom is 0.416 e. The van der Waals surface area contributed by atoms with Gasteiger partial charge in [-0.3, -0.25) is 0 Å². The highest BCUT2D eigenvalue weighted by molar-refractivity contribution is 9.18. The molecule has 0 saturated heterocycles. The van der Waals surface area contributed by atoms with E-state index in [2.05, 4.69) is 36.2 Å². The molecule has 30 heavy (non-hydrogen) atoms. The Morgan fingerprint density at radius 3 is 2.40 bits per heavy atom. The van der Waals surface area contributed by atoms with E-state index in [-0.39, 0.29) is 0 Å². The Morgan fingerprint density at radius 1 is 1.13 bits per heavy atom. The fourth-order valence-corrected chi connectivity index (χ4v) is 2.98. The summed E-state index contributed by atoms with van der Waals surface area (Å²) in [6.07, 6.45) is 0.262. The van der Waals surface area contributed by atoms with Crippen LogP contribution in [0, 0.1) is 0 Å². The van der Waals surface area contributed by atoms with Gasteiger partial charge in [0, 0.05) is 37.5 Å². The molecule has 3 aromatic rings. The molecule has 2 heterocycles. The Labute approximate surface area is 180 Å². The van der Waals surface area contributed by atoms with Crippen LogP contribution in [0.5, 0.6) is 0 Å². The number of nitrogens with zero attached hydrogens (tertiary/aromatic N) is 3. The molecule has 5 nitrogen and oxygen atoms in total. The third-order valence-electron chi connectivity index (χ3n) is 4.24. The lowest BCUT2D eigenvalue weighted by Crippen LogP contribution is -2.06. The van der Waals surface area contributed by atoms with E-state index in [0.29, 0.717) is 6.54 Å². The number of benzene rings is 2. The molecule has 4 rings (SSSR count). The van der Waals surface area contributed by atoms with Crippen molar-refractivity contribution in [3.05, 3.63) is 72.2 Å². The van der Waals surface area contributed by atoms with Crippen molar-refractivity contribution in [3.63, 3.8) is 0 Å². The second kappa shape index (κ2) is 9.80. The number of aryl methyl sites for hydroxylation is 1. The molecule has 158 valence electrons. The summed E-state index contributed by atoms with van der Waals surface area (Å²) in [7, 11) is 1.90. The van der Waals surface area contributed by atoms with Gasteiger partial charge in [-0.25, -0.2) is 4.98 Å². The van der Waals surface area contributed by atoms with Crippen LogP contribution in [0.15, 0.2) is 66.2 Å². The molecule has 0 bridgehead atoms. The van der Waals surface area contributed by atoms with E-state index in [9.17, 15) is 13.2 Å². The fourth-order valence-electron chi connectivity index (χ4n) is 2.71. The molecule has 0 atom stereocenters. The summed E-state index contributed by atoms with van der Waals surface area (Å²) in [5.41, 5.74) is 2.81. The van der Waals surface area contributed by atoms with Crippen molar-refractivity contribution in [2.24, 2.45) is 12.2 Å². The predicted molar refractivity (Wildman–Crippen MR) is 114 cm³/mol. The van der Waals surface area contributed by atoms with Crippen molar-refractivity contribution in [1.29, 1.82) is 0 Å². The van der Waals surface area contributed by atoms with Crippen LogP contribution in [0.25, 0.3) is 11.3 Å². The van der Waals surface area contributed by atoms with E-state index in [0.717, 1.165) is 52.3 Å². The number of anilines is 1. The largest absolute Gasteiger partial charge is 0.416 e. The SMILES string of the molecule is BrC1=NOCC1.Cn1cnc(-c2ccccc2NCc2ccc(C(F)(F)F)cc2)c1. The molecule has 0 aliphatic carbocycles. The zero-order chi connectivity index (χ0) is 21.6. The number of aromatic nitrogens is 2. The first kappa shape index (κ1) is 21.9. The second-order valence-corrected chi connectivity index (χ2v) is 7.48. The summed E-state index contributed by atoms with van der Waals surface area (Å²) in [4.78, 5) is 8.94. The van der Waals surface area contributed by atoms with Crippen LogP contribution < -0.4 is 5.32 Å². The zero-order valence-electron chi connectivity index (χ0n) is 16.2. The van der Waals surface area contributed by atoms with Gasteiger partial charge >= 0.3 is 6.18 Å². The van der Waals surface area contributed by atoms with E-state index < -0.39 is 11.7 Å². The van der Waals surface area contributed by atoms with Gasteiger partial charge < -0.3 is 14.7 Å². The maximum atomic E-state index is 12.6. The number of para-hydroxylation sites is 1. The summed E-state index contributed by atoms with van der Waals surface area (Å²) in [5, 5.41) is 6.83. The standard InChI is InChI=1S/C18H16F3N3.C3H4BrNO/c1-24-11-17(23-12-24)15-4-2-3-5-16(15)22-10-13-6-8-14(9-7-13)18(19,20)21;4-3-1-2-6-5-3/h2-9,11-12,22H,10H2,1H3;1-2H2. The smallest absolute Gasteiger partial charge is 0.395 e. The number of nitrogens with one attached hydrogen (secondary N) is 1. The van der Waals surface area contributed by atoms with E-state index in [1.54, 1.807) is 6.33 Å². The van der Waals surface area contributed by atoms with Gasteiger partial charge in [0.25, 0.3) is 0 Å².